The summed E-state index contributed by atoms with van der Waals surface area (Å²) in [4.78, 5) is 0. The van der Waals surface area contributed by atoms with Crippen LogP contribution in [0.5, 0.6) is 0 Å². The van der Waals surface area contributed by atoms with Crippen LogP contribution in [0.2, 0.25) is 0 Å². The molecule has 0 N–H and O–H groups in total. The molecule has 2 aromatic carbocycles. The third-order valence-electron chi connectivity index (χ3n) is 3.01. The quantitative estimate of drug-likeness (QED) is 0.604. The Labute approximate surface area is 119 Å². The Morgan fingerprint density at radius 2 is 1.32 bits per heavy atom. The van der Waals surface area contributed by atoms with Gasteiger partial charge in [-0.15, -0.1) is 0 Å². The van der Waals surface area contributed by atoms with Gasteiger partial charge in [-0.3, -0.25) is 0 Å². The Kier molecular flexibility index (Phi) is 5.03. The predicted molar refractivity (Wildman–Crippen MR) is 85.9 cm³/mol. The van der Waals surface area contributed by atoms with Gasteiger partial charge in [0.05, 0.1) is 0 Å². The molecule has 0 aliphatic rings. The molecule has 0 unspecified atom stereocenters. The zero-order chi connectivity index (χ0) is 13.7. The molecular formula is C14H15F2PSSi. The fourth-order valence-corrected chi connectivity index (χ4v) is 9.61. The fraction of sp³-hybridized carbons (Fsp3) is 0.143. The second-order valence-corrected chi connectivity index (χ2v) is 11.7. The van der Waals surface area contributed by atoms with Crippen LogP contribution in [0, 0.1) is 0 Å². The SMILES string of the molecule is FC(F)[SiH2]CP(=S)(c1ccccc1)c1ccccc1. The Morgan fingerprint density at radius 1 is 0.895 bits per heavy atom. The third kappa shape index (κ3) is 3.59. The molecule has 0 nitrogen and oxygen atoms in total. The van der Waals surface area contributed by atoms with Crippen LogP contribution in [0.15, 0.2) is 60.7 Å². The molecule has 0 amide bonds. The van der Waals surface area contributed by atoms with E-state index in [-0.39, 0.29) is 0 Å². The molecule has 0 atom stereocenters. The van der Waals surface area contributed by atoms with Crippen LogP contribution < -0.4 is 10.6 Å². The average Bonchev–Trinajstić information content (AvgIpc) is 2.46. The molecule has 0 heterocycles. The number of hydrogen-bond donors (Lipinski definition) is 0. The Hall–Kier alpha value is -0.833. The van der Waals surface area contributed by atoms with Crippen molar-refractivity contribution in [2.24, 2.45) is 0 Å². The normalized spacial score (nSPS) is 12.4. The molecule has 2 rings (SSSR count). The Morgan fingerprint density at radius 3 is 1.68 bits per heavy atom. The molecule has 0 saturated heterocycles. The van der Waals surface area contributed by atoms with Crippen LogP contribution >= 0.6 is 6.04 Å². The molecule has 0 aliphatic carbocycles. The van der Waals surface area contributed by atoms with E-state index in [0.29, 0.717) is 5.79 Å². The largest absolute Gasteiger partial charge is 0.216 e. The van der Waals surface area contributed by atoms with Crippen LogP contribution in [-0.2, 0) is 11.8 Å². The summed E-state index contributed by atoms with van der Waals surface area (Å²) in [7, 11) is -1.43. The molecule has 0 spiro atoms. The number of benzene rings is 2. The molecule has 19 heavy (non-hydrogen) atoms. The zero-order valence-electron chi connectivity index (χ0n) is 10.4. The zero-order valence-corrected chi connectivity index (χ0v) is 13.5. The monoisotopic (exact) mass is 312 g/mol. The number of hydrogen-bond acceptors (Lipinski definition) is 1. The van der Waals surface area contributed by atoms with E-state index in [0.717, 1.165) is 10.6 Å². The highest BCUT2D eigenvalue weighted by Gasteiger charge is 2.23. The van der Waals surface area contributed by atoms with Crippen molar-refractivity contribution in [3.05, 3.63) is 60.7 Å². The van der Waals surface area contributed by atoms with Crippen molar-refractivity contribution in [1.29, 1.82) is 0 Å². The van der Waals surface area contributed by atoms with Gasteiger partial charge in [0.2, 0.25) is 6.05 Å². The van der Waals surface area contributed by atoms with Crippen molar-refractivity contribution in [2.45, 2.75) is 6.05 Å². The lowest BCUT2D eigenvalue weighted by Gasteiger charge is -2.23. The van der Waals surface area contributed by atoms with Crippen molar-refractivity contribution >= 4 is 38.0 Å². The standard InChI is InChI=1S/C14H15F2PSSi/c15-14(16)19-11-17(18,12-7-3-1-4-8-12)13-9-5-2-6-10-13/h1-10,14H,11,19H2. The molecule has 5 heteroatoms. The van der Waals surface area contributed by atoms with Crippen LogP contribution in [-0.4, -0.2) is 21.4 Å². The van der Waals surface area contributed by atoms with Crippen molar-refractivity contribution in [3.8, 4) is 0 Å². The van der Waals surface area contributed by atoms with Gasteiger partial charge in [0.25, 0.3) is 0 Å². The third-order valence-corrected chi connectivity index (χ3v) is 12.2. The molecule has 0 aliphatic heterocycles. The van der Waals surface area contributed by atoms with Crippen LogP contribution in [0.3, 0.4) is 0 Å². The summed E-state index contributed by atoms with van der Waals surface area (Å²) in [6, 6.07) is 15.3. The van der Waals surface area contributed by atoms with E-state index in [1.807, 2.05) is 60.7 Å². The van der Waals surface area contributed by atoms with Crippen molar-refractivity contribution in [3.63, 3.8) is 0 Å². The van der Waals surface area contributed by atoms with Gasteiger partial charge in [-0.05, 0) is 16.4 Å². The minimum absolute atomic E-state index is 0.508. The maximum absolute atomic E-state index is 12.6. The van der Waals surface area contributed by atoms with Crippen molar-refractivity contribution in [1.82, 2.24) is 0 Å². The van der Waals surface area contributed by atoms with Crippen molar-refractivity contribution < 1.29 is 8.78 Å². The minimum atomic E-state index is -2.16. The Balaban J connectivity index is 2.42. The maximum atomic E-state index is 12.6. The summed E-state index contributed by atoms with van der Waals surface area (Å²) in [5.41, 5.74) is 0. The van der Waals surface area contributed by atoms with Crippen LogP contribution in [0.25, 0.3) is 0 Å². The highest BCUT2D eigenvalue weighted by Crippen LogP contribution is 2.43. The number of halogens is 2. The van der Waals surface area contributed by atoms with E-state index in [9.17, 15) is 8.78 Å². The lowest BCUT2D eigenvalue weighted by molar-refractivity contribution is 0.238. The Bertz CT molecular complexity index is 517. The first kappa shape index (κ1) is 14.6. The van der Waals surface area contributed by atoms with Crippen molar-refractivity contribution in [2.75, 3.05) is 5.79 Å². The summed E-state index contributed by atoms with van der Waals surface area (Å²) >= 11 is 5.87. The molecule has 0 bridgehead atoms. The fourth-order valence-electron chi connectivity index (χ4n) is 2.02. The van der Waals surface area contributed by atoms with E-state index >= 15 is 0 Å². The summed E-state index contributed by atoms with van der Waals surface area (Å²) < 4.78 is 25.3. The van der Waals surface area contributed by atoms with E-state index in [2.05, 4.69) is 0 Å². The average molecular weight is 312 g/mol. The van der Waals surface area contributed by atoms with Gasteiger partial charge < -0.3 is 0 Å². The molecule has 2 aromatic rings. The van der Waals surface area contributed by atoms with Gasteiger partial charge in [-0.2, -0.15) is 0 Å². The number of rotatable bonds is 5. The molecule has 0 aromatic heterocycles. The van der Waals surface area contributed by atoms with E-state index in [1.165, 1.54) is 0 Å². The summed E-state index contributed by atoms with van der Waals surface area (Å²) in [5.74, 6) is 0.508. The second-order valence-electron chi connectivity index (χ2n) is 4.31. The summed E-state index contributed by atoms with van der Waals surface area (Å²) in [5, 5.41) is 2.09. The molecule has 0 radical (unpaired) electrons. The summed E-state index contributed by atoms with van der Waals surface area (Å²) in [6.07, 6.45) is 0. The van der Waals surface area contributed by atoms with Gasteiger partial charge in [0, 0.05) is 6.04 Å². The smallest absolute Gasteiger partial charge is 0.214 e. The first-order chi connectivity index (χ1) is 9.13. The van der Waals surface area contributed by atoms with Gasteiger partial charge in [0.15, 0.2) is 0 Å². The molecule has 100 valence electrons. The molecular weight excluding hydrogens is 297 g/mol. The second kappa shape index (κ2) is 6.55. The predicted octanol–water partition coefficient (Wildman–Crippen LogP) is 2.47. The summed E-state index contributed by atoms with van der Waals surface area (Å²) in [6.45, 7) is 0. The lowest BCUT2D eigenvalue weighted by Crippen LogP contribution is -2.23. The van der Waals surface area contributed by atoms with Gasteiger partial charge in [-0.1, -0.05) is 72.5 Å². The first-order valence-electron chi connectivity index (χ1n) is 6.11. The van der Waals surface area contributed by atoms with Crippen LogP contribution in [0.4, 0.5) is 8.78 Å². The molecule has 0 saturated carbocycles. The van der Waals surface area contributed by atoms with E-state index < -0.39 is 21.6 Å². The maximum Gasteiger partial charge on any atom is 0.214 e. The van der Waals surface area contributed by atoms with Gasteiger partial charge >= 0.3 is 0 Å². The highest BCUT2D eigenvalue weighted by atomic mass is 32.4. The van der Waals surface area contributed by atoms with E-state index in [4.69, 9.17) is 11.8 Å². The lowest BCUT2D eigenvalue weighted by atomic mass is 10.4. The minimum Gasteiger partial charge on any atom is -0.216 e. The van der Waals surface area contributed by atoms with Gasteiger partial charge in [0.1, 0.15) is 9.52 Å². The van der Waals surface area contributed by atoms with Gasteiger partial charge in [-0.25, -0.2) is 8.78 Å². The number of alkyl halides is 2. The van der Waals surface area contributed by atoms with E-state index in [1.54, 1.807) is 0 Å². The van der Waals surface area contributed by atoms with Crippen LogP contribution in [0.1, 0.15) is 0 Å². The first-order valence-corrected chi connectivity index (χ1v) is 10.9. The highest BCUT2D eigenvalue weighted by molar-refractivity contribution is 8.22. The topological polar surface area (TPSA) is 0 Å². The molecule has 0 fully saturated rings.